The van der Waals surface area contributed by atoms with Crippen LogP contribution < -0.4 is 16.0 Å². The van der Waals surface area contributed by atoms with E-state index >= 15 is 0 Å². The Labute approximate surface area is 195 Å². The molecule has 0 aromatic heterocycles. The summed E-state index contributed by atoms with van der Waals surface area (Å²) < 4.78 is 17.1. The Kier molecular flexibility index (Phi) is 6.50. The number of benzene rings is 2. The molecule has 2 heterocycles. The second-order valence-corrected chi connectivity index (χ2v) is 9.29. The minimum absolute atomic E-state index is 0.429. The van der Waals surface area contributed by atoms with Crippen molar-refractivity contribution in [1.29, 1.82) is 0 Å². The van der Waals surface area contributed by atoms with E-state index in [0.29, 0.717) is 24.6 Å². The van der Waals surface area contributed by atoms with Gasteiger partial charge in [-0.25, -0.2) is 4.79 Å². The number of amides is 1. The molecule has 0 bridgehead atoms. The van der Waals surface area contributed by atoms with Gasteiger partial charge in [0.05, 0.1) is 35.8 Å². The molecule has 0 aliphatic carbocycles. The smallest absolute Gasteiger partial charge is 0.412 e. The van der Waals surface area contributed by atoms with E-state index in [1.165, 1.54) is 0 Å². The average molecular weight is 450 g/mol. The molecule has 0 radical (unpaired) electrons. The van der Waals surface area contributed by atoms with E-state index < -0.39 is 17.5 Å². The second kappa shape index (κ2) is 9.34. The number of ether oxygens (including phenoxy) is 3. The van der Waals surface area contributed by atoms with Crippen LogP contribution in [0.3, 0.4) is 0 Å². The summed E-state index contributed by atoms with van der Waals surface area (Å²) in [6.07, 6.45) is 0.976. The molecule has 1 amide bonds. The van der Waals surface area contributed by atoms with Crippen molar-refractivity contribution in [2.45, 2.75) is 45.0 Å². The standard InChI is InChI=1S/C26H31N3O4/c1-25(2,3)33-24(30)28-22-18-23(29-13-11-26(12-14-29)31-15-16-32-26)20(17-21(22)27)10-9-19-7-5-4-6-8-19/h4-8,17-18H,11-16,27H2,1-3H3,(H,28,30). The molecule has 7 heteroatoms. The lowest BCUT2D eigenvalue weighted by molar-refractivity contribution is -0.169. The third-order valence-electron chi connectivity index (χ3n) is 5.60. The van der Waals surface area contributed by atoms with Crippen LogP contribution in [-0.4, -0.2) is 43.8 Å². The fraction of sp³-hybridized carbons (Fsp3) is 0.423. The monoisotopic (exact) mass is 449 g/mol. The number of nitrogen functional groups attached to an aromatic ring is 1. The molecule has 2 saturated heterocycles. The number of hydrogen-bond donors (Lipinski definition) is 2. The molecule has 0 unspecified atom stereocenters. The third-order valence-corrected chi connectivity index (χ3v) is 5.60. The van der Waals surface area contributed by atoms with Crippen molar-refractivity contribution in [3.05, 3.63) is 53.6 Å². The summed E-state index contributed by atoms with van der Waals surface area (Å²) in [5.41, 5.74) is 9.25. The van der Waals surface area contributed by atoms with Gasteiger partial charge < -0.3 is 24.8 Å². The minimum Gasteiger partial charge on any atom is -0.444 e. The Morgan fingerprint density at radius 2 is 1.76 bits per heavy atom. The quantitative estimate of drug-likeness (QED) is 0.523. The Bertz CT molecular complexity index is 1050. The average Bonchev–Trinajstić information content (AvgIpc) is 3.22. The topological polar surface area (TPSA) is 86.0 Å². The number of piperidine rings is 1. The van der Waals surface area contributed by atoms with Gasteiger partial charge in [-0.2, -0.15) is 0 Å². The Hall–Kier alpha value is -3.21. The first-order valence-electron chi connectivity index (χ1n) is 11.3. The van der Waals surface area contributed by atoms with Crippen LogP contribution in [0, 0.1) is 11.8 Å². The summed E-state index contributed by atoms with van der Waals surface area (Å²) in [7, 11) is 0. The van der Waals surface area contributed by atoms with E-state index in [-0.39, 0.29) is 0 Å². The number of nitrogens with zero attached hydrogens (tertiary/aromatic N) is 1. The van der Waals surface area contributed by atoms with Gasteiger partial charge in [0.2, 0.25) is 0 Å². The molecule has 2 aliphatic heterocycles. The van der Waals surface area contributed by atoms with Crippen LogP contribution in [0.15, 0.2) is 42.5 Å². The lowest BCUT2D eigenvalue weighted by Crippen LogP contribution is -2.45. The highest BCUT2D eigenvalue weighted by Gasteiger charge is 2.40. The zero-order chi connectivity index (χ0) is 23.5. The summed E-state index contributed by atoms with van der Waals surface area (Å²) in [4.78, 5) is 14.6. The fourth-order valence-electron chi connectivity index (χ4n) is 4.02. The van der Waals surface area contributed by atoms with Crippen LogP contribution in [0.1, 0.15) is 44.7 Å². The van der Waals surface area contributed by atoms with Crippen molar-refractivity contribution in [2.24, 2.45) is 0 Å². The second-order valence-electron chi connectivity index (χ2n) is 9.29. The molecule has 174 valence electrons. The first kappa shape index (κ1) is 23.0. The number of carbonyl (C=O) groups excluding carboxylic acids is 1. The first-order valence-corrected chi connectivity index (χ1v) is 11.3. The molecule has 0 saturated carbocycles. The number of nitrogens with two attached hydrogens (primary N) is 1. The highest BCUT2D eigenvalue weighted by atomic mass is 16.7. The normalized spacial score (nSPS) is 17.4. The Morgan fingerprint density at radius 3 is 2.39 bits per heavy atom. The maximum Gasteiger partial charge on any atom is 0.412 e. The largest absolute Gasteiger partial charge is 0.444 e. The van der Waals surface area contributed by atoms with Crippen LogP contribution in [0.2, 0.25) is 0 Å². The zero-order valence-corrected chi connectivity index (χ0v) is 19.4. The summed E-state index contributed by atoms with van der Waals surface area (Å²) >= 11 is 0. The van der Waals surface area contributed by atoms with Crippen LogP contribution >= 0.6 is 0 Å². The molecule has 0 atom stereocenters. The SMILES string of the molecule is CC(C)(C)OC(=O)Nc1cc(N2CCC3(CC2)OCCO3)c(C#Cc2ccccc2)cc1N. The molecule has 2 aromatic carbocycles. The maximum absolute atomic E-state index is 12.4. The van der Waals surface area contributed by atoms with Crippen molar-refractivity contribution in [3.63, 3.8) is 0 Å². The molecule has 2 aromatic rings. The van der Waals surface area contributed by atoms with E-state index in [1.54, 1.807) is 0 Å². The van der Waals surface area contributed by atoms with Gasteiger partial charge in [-0.05, 0) is 45.0 Å². The van der Waals surface area contributed by atoms with E-state index in [2.05, 4.69) is 22.1 Å². The Balaban J connectivity index is 1.63. The minimum atomic E-state index is -0.606. The fourth-order valence-corrected chi connectivity index (χ4v) is 4.02. The van der Waals surface area contributed by atoms with Gasteiger partial charge in [0.25, 0.3) is 0 Å². The van der Waals surface area contributed by atoms with Gasteiger partial charge in [0.1, 0.15) is 5.60 Å². The van der Waals surface area contributed by atoms with E-state index in [0.717, 1.165) is 42.7 Å². The number of carbonyl (C=O) groups is 1. The lowest BCUT2D eigenvalue weighted by Gasteiger charge is -2.39. The first-order chi connectivity index (χ1) is 15.7. The molecule has 2 aliphatic rings. The van der Waals surface area contributed by atoms with Gasteiger partial charge in [0.15, 0.2) is 5.79 Å². The summed E-state index contributed by atoms with van der Waals surface area (Å²) in [6, 6.07) is 13.5. The number of nitrogens with one attached hydrogen (secondary N) is 1. The van der Waals surface area contributed by atoms with Crippen molar-refractivity contribution in [2.75, 3.05) is 42.3 Å². The van der Waals surface area contributed by atoms with Crippen molar-refractivity contribution < 1.29 is 19.0 Å². The van der Waals surface area contributed by atoms with E-state index in [1.807, 2.05) is 63.2 Å². The summed E-state index contributed by atoms with van der Waals surface area (Å²) in [6.45, 7) is 8.23. The highest BCUT2D eigenvalue weighted by Crippen LogP contribution is 2.36. The van der Waals surface area contributed by atoms with Gasteiger partial charge in [-0.1, -0.05) is 30.0 Å². The molecular weight excluding hydrogens is 418 g/mol. The molecule has 33 heavy (non-hydrogen) atoms. The third kappa shape index (κ3) is 5.78. The van der Waals surface area contributed by atoms with E-state index in [9.17, 15) is 4.79 Å². The highest BCUT2D eigenvalue weighted by molar-refractivity contribution is 5.91. The van der Waals surface area contributed by atoms with Crippen molar-refractivity contribution >= 4 is 23.2 Å². The van der Waals surface area contributed by atoms with Crippen LogP contribution in [0.5, 0.6) is 0 Å². The van der Waals surface area contributed by atoms with Gasteiger partial charge in [-0.15, -0.1) is 0 Å². The van der Waals surface area contributed by atoms with Crippen molar-refractivity contribution in [3.8, 4) is 11.8 Å². The lowest BCUT2D eigenvalue weighted by atomic mass is 10.0. The molecule has 7 nitrogen and oxygen atoms in total. The maximum atomic E-state index is 12.4. The summed E-state index contributed by atoms with van der Waals surface area (Å²) in [5.74, 6) is 6.01. The predicted octanol–water partition coefficient (Wildman–Crippen LogP) is 4.36. The number of hydrogen-bond acceptors (Lipinski definition) is 6. The van der Waals surface area contributed by atoms with Crippen LogP contribution in [0.4, 0.5) is 21.9 Å². The molecule has 2 fully saturated rings. The van der Waals surface area contributed by atoms with Gasteiger partial charge in [-0.3, -0.25) is 5.32 Å². The van der Waals surface area contributed by atoms with Crippen molar-refractivity contribution in [1.82, 2.24) is 0 Å². The Morgan fingerprint density at radius 1 is 1.09 bits per heavy atom. The molecule has 3 N–H and O–H groups in total. The van der Waals surface area contributed by atoms with Crippen LogP contribution in [-0.2, 0) is 14.2 Å². The number of anilines is 3. The zero-order valence-electron chi connectivity index (χ0n) is 19.4. The molecule has 1 spiro atoms. The van der Waals surface area contributed by atoms with E-state index in [4.69, 9.17) is 19.9 Å². The number of rotatable bonds is 2. The van der Waals surface area contributed by atoms with Crippen LogP contribution in [0.25, 0.3) is 0 Å². The van der Waals surface area contributed by atoms with Gasteiger partial charge in [0, 0.05) is 31.5 Å². The van der Waals surface area contributed by atoms with Gasteiger partial charge >= 0.3 is 6.09 Å². The molecule has 4 rings (SSSR count). The predicted molar refractivity (Wildman–Crippen MR) is 129 cm³/mol. The molecular formula is C26H31N3O4. The summed E-state index contributed by atoms with van der Waals surface area (Å²) in [5, 5.41) is 2.79.